The Morgan fingerprint density at radius 3 is 2.72 bits per heavy atom. The number of likely N-dealkylation sites (tertiary alicyclic amines) is 1. The van der Waals surface area contributed by atoms with Gasteiger partial charge >= 0.3 is 0 Å². The van der Waals surface area contributed by atoms with E-state index >= 15 is 0 Å². The smallest absolute Gasteiger partial charge is 0.244 e. The summed E-state index contributed by atoms with van der Waals surface area (Å²) in [7, 11) is 0. The van der Waals surface area contributed by atoms with E-state index in [0.29, 0.717) is 12.0 Å². The molecule has 0 aliphatic carbocycles. The molecular weight excluding hydrogens is 246 g/mol. The highest BCUT2D eigenvalue weighted by Crippen LogP contribution is 2.22. The van der Waals surface area contributed by atoms with Crippen molar-refractivity contribution < 1.29 is 4.79 Å². The maximum absolute atomic E-state index is 12.2. The summed E-state index contributed by atoms with van der Waals surface area (Å²) in [5, 5.41) is 4.20. The van der Waals surface area contributed by atoms with Gasteiger partial charge in [0.2, 0.25) is 5.91 Å². The van der Waals surface area contributed by atoms with Crippen molar-refractivity contribution in [2.75, 3.05) is 18.8 Å². The number of carbonyl (C=O) groups excluding carboxylic acids is 1. The predicted octanol–water partition coefficient (Wildman–Crippen LogP) is 1.71. The first-order valence-electron chi connectivity index (χ1n) is 6.84. The lowest BCUT2D eigenvalue weighted by molar-refractivity contribution is -0.131. The minimum atomic E-state index is -0.157. The molecule has 0 radical (unpaired) electrons. The third kappa shape index (κ3) is 3.19. The van der Waals surface area contributed by atoms with Crippen molar-refractivity contribution in [3.8, 4) is 0 Å². The molecule has 2 rings (SSSR count). The highest BCUT2D eigenvalue weighted by molar-refractivity contribution is 8.13. The molecule has 2 heterocycles. The number of nitrogens with zero attached hydrogens (tertiary/aromatic N) is 2. The molecule has 2 aliphatic heterocycles. The molecule has 1 saturated heterocycles. The Hall–Kier alpha value is -0.710. The van der Waals surface area contributed by atoms with Crippen LogP contribution in [0.5, 0.6) is 0 Å². The standard InChI is InChI=1S/C13H23N3OS/c1-9-8-18-13(14-10(9)2)15-11(3)12(17)16-6-4-5-7-16/h9-11H,4-8H2,1-3H3,(H,14,15). The van der Waals surface area contributed by atoms with Gasteiger partial charge in [0.1, 0.15) is 6.04 Å². The van der Waals surface area contributed by atoms with Gasteiger partial charge in [-0.25, -0.2) is 0 Å². The zero-order valence-electron chi connectivity index (χ0n) is 11.5. The van der Waals surface area contributed by atoms with Gasteiger partial charge in [0.15, 0.2) is 5.17 Å². The van der Waals surface area contributed by atoms with Crippen LogP contribution in [0.3, 0.4) is 0 Å². The van der Waals surface area contributed by atoms with Crippen LogP contribution in [0.4, 0.5) is 0 Å². The van der Waals surface area contributed by atoms with Gasteiger partial charge in [-0.1, -0.05) is 18.7 Å². The second-order valence-electron chi connectivity index (χ2n) is 5.36. The number of thioether (sulfide) groups is 1. The molecule has 1 amide bonds. The molecule has 0 aromatic heterocycles. The summed E-state index contributed by atoms with van der Waals surface area (Å²) in [5.74, 6) is 1.91. The normalized spacial score (nSPS) is 29.9. The largest absolute Gasteiger partial charge is 0.353 e. The van der Waals surface area contributed by atoms with Crippen LogP contribution >= 0.6 is 11.8 Å². The lowest BCUT2D eigenvalue weighted by atomic mass is 10.1. The van der Waals surface area contributed by atoms with Crippen LogP contribution < -0.4 is 5.32 Å². The molecule has 4 nitrogen and oxygen atoms in total. The molecule has 0 aromatic rings. The highest BCUT2D eigenvalue weighted by atomic mass is 32.2. The number of amidine groups is 1. The lowest BCUT2D eigenvalue weighted by Crippen LogP contribution is -2.46. The van der Waals surface area contributed by atoms with Gasteiger partial charge < -0.3 is 10.2 Å². The van der Waals surface area contributed by atoms with Gasteiger partial charge in [0, 0.05) is 18.8 Å². The Bertz CT molecular complexity index is 339. The molecule has 0 spiro atoms. The molecular formula is C13H23N3OS. The third-order valence-electron chi connectivity index (χ3n) is 3.76. The van der Waals surface area contributed by atoms with Gasteiger partial charge in [-0.05, 0) is 32.6 Å². The number of rotatable bonds is 2. The number of hydrogen-bond acceptors (Lipinski definition) is 4. The molecule has 1 N–H and O–H groups in total. The van der Waals surface area contributed by atoms with Gasteiger partial charge in [-0.3, -0.25) is 9.79 Å². The quantitative estimate of drug-likeness (QED) is 0.830. The minimum Gasteiger partial charge on any atom is -0.353 e. The van der Waals surface area contributed by atoms with E-state index in [9.17, 15) is 4.79 Å². The average Bonchev–Trinajstić information content (AvgIpc) is 2.86. The summed E-state index contributed by atoms with van der Waals surface area (Å²) < 4.78 is 0. The number of carbonyl (C=O) groups is 1. The molecule has 0 saturated carbocycles. The molecule has 5 heteroatoms. The van der Waals surface area contributed by atoms with E-state index in [1.807, 2.05) is 11.8 Å². The fourth-order valence-electron chi connectivity index (χ4n) is 2.24. The van der Waals surface area contributed by atoms with E-state index in [1.165, 1.54) is 0 Å². The van der Waals surface area contributed by atoms with Crippen LogP contribution in [-0.4, -0.2) is 46.9 Å². The topological polar surface area (TPSA) is 44.7 Å². The fourth-order valence-corrected chi connectivity index (χ4v) is 3.44. The van der Waals surface area contributed by atoms with E-state index in [2.05, 4.69) is 24.2 Å². The molecule has 0 bridgehead atoms. The van der Waals surface area contributed by atoms with Crippen molar-refractivity contribution in [1.29, 1.82) is 0 Å². The highest BCUT2D eigenvalue weighted by Gasteiger charge is 2.26. The SMILES string of the molecule is CC(NC1=NC(C)C(C)CS1)C(=O)N1CCCC1. The summed E-state index contributed by atoms with van der Waals surface area (Å²) >= 11 is 1.73. The van der Waals surface area contributed by atoms with E-state index in [0.717, 1.165) is 36.9 Å². The summed E-state index contributed by atoms with van der Waals surface area (Å²) in [5.41, 5.74) is 0. The number of amides is 1. The first-order valence-corrected chi connectivity index (χ1v) is 7.82. The molecule has 102 valence electrons. The molecule has 18 heavy (non-hydrogen) atoms. The second-order valence-corrected chi connectivity index (χ2v) is 6.37. The van der Waals surface area contributed by atoms with E-state index in [1.54, 1.807) is 11.8 Å². The number of aliphatic imine (C=N–C) groups is 1. The maximum atomic E-state index is 12.2. The maximum Gasteiger partial charge on any atom is 0.244 e. The van der Waals surface area contributed by atoms with Crippen LogP contribution in [0, 0.1) is 5.92 Å². The monoisotopic (exact) mass is 269 g/mol. The van der Waals surface area contributed by atoms with Crippen molar-refractivity contribution in [2.45, 2.75) is 45.7 Å². The number of hydrogen-bond donors (Lipinski definition) is 1. The van der Waals surface area contributed by atoms with E-state index in [-0.39, 0.29) is 11.9 Å². The molecule has 3 atom stereocenters. The van der Waals surface area contributed by atoms with Crippen molar-refractivity contribution in [3.63, 3.8) is 0 Å². The average molecular weight is 269 g/mol. The van der Waals surface area contributed by atoms with Crippen LogP contribution in [0.25, 0.3) is 0 Å². The van der Waals surface area contributed by atoms with Crippen molar-refractivity contribution in [1.82, 2.24) is 10.2 Å². The van der Waals surface area contributed by atoms with Crippen molar-refractivity contribution in [2.24, 2.45) is 10.9 Å². The first-order chi connectivity index (χ1) is 8.58. The summed E-state index contributed by atoms with van der Waals surface area (Å²) in [6.07, 6.45) is 2.28. The first kappa shape index (κ1) is 13.7. The van der Waals surface area contributed by atoms with Crippen LogP contribution in [0.15, 0.2) is 4.99 Å². The van der Waals surface area contributed by atoms with Crippen molar-refractivity contribution in [3.05, 3.63) is 0 Å². The van der Waals surface area contributed by atoms with Crippen molar-refractivity contribution >= 4 is 22.8 Å². The van der Waals surface area contributed by atoms with Gasteiger partial charge in [0.05, 0.1) is 6.04 Å². The van der Waals surface area contributed by atoms with Gasteiger partial charge in [-0.2, -0.15) is 0 Å². The molecule has 0 aromatic carbocycles. The molecule has 1 fully saturated rings. The number of nitrogens with one attached hydrogen (secondary N) is 1. The van der Waals surface area contributed by atoms with E-state index in [4.69, 9.17) is 0 Å². The zero-order chi connectivity index (χ0) is 13.1. The van der Waals surface area contributed by atoms with Gasteiger partial charge in [-0.15, -0.1) is 0 Å². The predicted molar refractivity (Wildman–Crippen MR) is 76.9 cm³/mol. The second kappa shape index (κ2) is 5.95. The summed E-state index contributed by atoms with van der Waals surface area (Å²) in [6.45, 7) is 8.12. The lowest BCUT2D eigenvalue weighted by Gasteiger charge is -2.27. The summed E-state index contributed by atoms with van der Waals surface area (Å²) in [6, 6.07) is 0.192. The molecule has 2 aliphatic rings. The minimum absolute atomic E-state index is 0.157. The van der Waals surface area contributed by atoms with Crippen LogP contribution in [-0.2, 0) is 4.79 Å². The Morgan fingerprint density at radius 2 is 2.11 bits per heavy atom. The zero-order valence-corrected chi connectivity index (χ0v) is 12.3. The van der Waals surface area contributed by atoms with Gasteiger partial charge in [0.25, 0.3) is 0 Å². The van der Waals surface area contributed by atoms with Crippen LogP contribution in [0.1, 0.15) is 33.6 Å². The Labute approximate surface area is 114 Å². The van der Waals surface area contributed by atoms with Crippen LogP contribution in [0.2, 0.25) is 0 Å². The molecule has 3 unspecified atom stereocenters. The Kier molecular flexibility index (Phi) is 4.54. The Balaban J connectivity index is 1.88. The fraction of sp³-hybridized carbons (Fsp3) is 0.846. The summed E-state index contributed by atoms with van der Waals surface area (Å²) in [4.78, 5) is 18.7. The third-order valence-corrected chi connectivity index (χ3v) is 4.94. The Morgan fingerprint density at radius 1 is 1.44 bits per heavy atom. The van der Waals surface area contributed by atoms with E-state index < -0.39 is 0 Å².